The molecule has 0 bridgehead atoms. The van der Waals surface area contributed by atoms with Crippen molar-refractivity contribution in [1.82, 2.24) is 10.6 Å². The van der Waals surface area contributed by atoms with Gasteiger partial charge in [-0.05, 0) is 30.2 Å². The molecule has 4 heteroatoms. The average Bonchev–Trinajstić information content (AvgIpc) is 2.72. The van der Waals surface area contributed by atoms with Crippen molar-refractivity contribution in [3.8, 4) is 0 Å². The van der Waals surface area contributed by atoms with Crippen LogP contribution in [0.1, 0.15) is 12.5 Å². The second-order valence-corrected chi connectivity index (χ2v) is 4.59. The zero-order valence-electron chi connectivity index (χ0n) is 9.87. The summed E-state index contributed by atoms with van der Waals surface area (Å²) in [6.45, 7) is 4.07. The Hall–Kier alpha value is -1.42. The van der Waals surface area contributed by atoms with Gasteiger partial charge in [-0.2, -0.15) is 0 Å². The molecule has 2 atom stereocenters. The summed E-state index contributed by atoms with van der Waals surface area (Å²) in [5.41, 5.74) is 0.789. The molecule has 92 valence electrons. The molecule has 1 amide bonds. The number of halogens is 1. The average molecular weight is 236 g/mol. The predicted octanol–water partition coefficient (Wildman–Crippen LogP) is 1.30. The van der Waals surface area contributed by atoms with Gasteiger partial charge in [0.1, 0.15) is 5.82 Å². The highest BCUT2D eigenvalue weighted by atomic mass is 19.1. The minimum atomic E-state index is -0.271. The van der Waals surface area contributed by atoms with Gasteiger partial charge in [0.25, 0.3) is 0 Å². The molecule has 0 radical (unpaired) electrons. The van der Waals surface area contributed by atoms with Gasteiger partial charge in [0.05, 0.1) is 5.92 Å². The number of carbonyl (C=O) groups excluding carboxylic acids is 1. The summed E-state index contributed by atoms with van der Waals surface area (Å²) < 4.78 is 12.9. The van der Waals surface area contributed by atoms with E-state index in [1.165, 1.54) is 12.1 Å². The largest absolute Gasteiger partial charge is 0.352 e. The lowest BCUT2D eigenvalue weighted by molar-refractivity contribution is -0.125. The molecule has 1 aliphatic heterocycles. The minimum absolute atomic E-state index is 0.0311. The van der Waals surface area contributed by atoms with Crippen LogP contribution in [0.15, 0.2) is 24.3 Å². The number of hydrogen-bond donors (Lipinski definition) is 2. The molecule has 0 aromatic heterocycles. The van der Waals surface area contributed by atoms with E-state index < -0.39 is 0 Å². The summed E-state index contributed by atoms with van der Waals surface area (Å²) in [5.74, 6) is 0.172. The molecular formula is C13H17FN2O. The maximum atomic E-state index is 12.9. The molecule has 1 saturated heterocycles. The number of carbonyl (C=O) groups is 1. The summed E-state index contributed by atoms with van der Waals surface area (Å²) in [6, 6.07) is 6.29. The van der Waals surface area contributed by atoms with Gasteiger partial charge in [0, 0.05) is 13.1 Å². The number of benzene rings is 1. The van der Waals surface area contributed by atoms with Crippen LogP contribution < -0.4 is 10.6 Å². The van der Waals surface area contributed by atoms with Crippen LogP contribution in [0.2, 0.25) is 0 Å². The lowest BCUT2D eigenvalue weighted by Crippen LogP contribution is -2.33. The molecular weight excluding hydrogens is 219 g/mol. The molecule has 0 saturated carbocycles. The maximum Gasteiger partial charge on any atom is 0.224 e. The van der Waals surface area contributed by atoms with E-state index in [4.69, 9.17) is 0 Å². The first-order chi connectivity index (χ1) is 8.16. The zero-order valence-corrected chi connectivity index (χ0v) is 9.87. The van der Waals surface area contributed by atoms with Crippen LogP contribution >= 0.6 is 0 Å². The van der Waals surface area contributed by atoms with Crippen molar-refractivity contribution in [3.05, 3.63) is 35.6 Å². The van der Waals surface area contributed by atoms with Gasteiger partial charge in [-0.15, -0.1) is 0 Å². The van der Waals surface area contributed by atoms with Crippen LogP contribution in [-0.4, -0.2) is 19.0 Å². The van der Waals surface area contributed by atoms with Crippen molar-refractivity contribution in [2.45, 2.75) is 13.5 Å². The molecule has 1 aromatic rings. The molecule has 0 spiro atoms. The van der Waals surface area contributed by atoms with Crippen molar-refractivity contribution in [2.75, 3.05) is 13.1 Å². The van der Waals surface area contributed by atoms with E-state index in [0.717, 1.165) is 18.7 Å². The highest BCUT2D eigenvalue weighted by Crippen LogP contribution is 2.15. The monoisotopic (exact) mass is 236 g/mol. The quantitative estimate of drug-likeness (QED) is 0.830. The number of hydrogen-bond acceptors (Lipinski definition) is 2. The Labute approximate surface area is 100 Å². The topological polar surface area (TPSA) is 41.1 Å². The molecule has 1 aromatic carbocycles. The lowest BCUT2D eigenvalue weighted by Gasteiger charge is -2.14. The van der Waals surface area contributed by atoms with E-state index in [-0.39, 0.29) is 17.6 Å². The van der Waals surface area contributed by atoms with Gasteiger partial charge in [-0.1, -0.05) is 19.1 Å². The molecule has 1 aliphatic rings. The first-order valence-electron chi connectivity index (χ1n) is 5.89. The Morgan fingerprint density at radius 1 is 1.53 bits per heavy atom. The summed E-state index contributed by atoms with van der Waals surface area (Å²) in [7, 11) is 0. The summed E-state index contributed by atoms with van der Waals surface area (Å²) >= 11 is 0. The lowest BCUT2D eigenvalue weighted by atomic mass is 9.97. The third kappa shape index (κ3) is 3.03. The van der Waals surface area contributed by atoms with Crippen LogP contribution in [0, 0.1) is 17.7 Å². The van der Waals surface area contributed by atoms with E-state index in [9.17, 15) is 9.18 Å². The number of amides is 1. The Morgan fingerprint density at radius 2 is 2.35 bits per heavy atom. The second-order valence-electron chi connectivity index (χ2n) is 4.59. The highest BCUT2D eigenvalue weighted by Gasteiger charge is 2.29. The minimum Gasteiger partial charge on any atom is -0.352 e. The van der Waals surface area contributed by atoms with Gasteiger partial charge in [-0.3, -0.25) is 4.79 Å². The second kappa shape index (κ2) is 5.27. The van der Waals surface area contributed by atoms with Crippen molar-refractivity contribution < 1.29 is 9.18 Å². The van der Waals surface area contributed by atoms with Crippen LogP contribution in [0.3, 0.4) is 0 Å². The Bertz CT molecular complexity index is 408. The molecule has 17 heavy (non-hydrogen) atoms. The smallest absolute Gasteiger partial charge is 0.224 e. The third-order valence-electron chi connectivity index (χ3n) is 3.21. The van der Waals surface area contributed by atoms with E-state index in [1.54, 1.807) is 12.1 Å². The fourth-order valence-electron chi connectivity index (χ4n) is 2.13. The molecule has 3 nitrogen and oxygen atoms in total. The zero-order chi connectivity index (χ0) is 12.3. The van der Waals surface area contributed by atoms with Crippen LogP contribution in [-0.2, 0) is 11.3 Å². The van der Waals surface area contributed by atoms with Crippen LogP contribution in [0.4, 0.5) is 4.39 Å². The number of nitrogens with one attached hydrogen (secondary N) is 2. The van der Waals surface area contributed by atoms with Gasteiger partial charge in [-0.25, -0.2) is 4.39 Å². The van der Waals surface area contributed by atoms with E-state index in [1.807, 2.05) is 0 Å². The molecule has 1 heterocycles. The van der Waals surface area contributed by atoms with E-state index >= 15 is 0 Å². The standard InChI is InChI=1S/C13H17FN2O/c1-9-6-15-8-12(9)13(17)16-7-10-3-2-4-11(14)5-10/h2-5,9,12,15H,6-8H2,1H3,(H,16,17)/t9-,12-/m1/s1. The molecule has 2 rings (SSSR count). The molecule has 0 aliphatic carbocycles. The molecule has 2 N–H and O–H groups in total. The van der Waals surface area contributed by atoms with Crippen LogP contribution in [0.25, 0.3) is 0 Å². The number of rotatable bonds is 3. The van der Waals surface area contributed by atoms with Crippen molar-refractivity contribution in [3.63, 3.8) is 0 Å². The Kier molecular flexibility index (Phi) is 3.74. The summed E-state index contributed by atoms with van der Waals surface area (Å²) in [5, 5.41) is 6.04. The Morgan fingerprint density at radius 3 is 3.00 bits per heavy atom. The molecule has 0 unspecified atom stereocenters. The maximum absolute atomic E-state index is 12.9. The van der Waals surface area contributed by atoms with Crippen molar-refractivity contribution in [2.24, 2.45) is 11.8 Å². The summed E-state index contributed by atoms with van der Waals surface area (Å²) in [6.07, 6.45) is 0. The van der Waals surface area contributed by atoms with Crippen LogP contribution in [0.5, 0.6) is 0 Å². The highest BCUT2D eigenvalue weighted by molar-refractivity contribution is 5.79. The Balaban J connectivity index is 1.88. The van der Waals surface area contributed by atoms with Crippen molar-refractivity contribution >= 4 is 5.91 Å². The first-order valence-corrected chi connectivity index (χ1v) is 5.89. The van der Waals surface area contributed by atoms with Gasteiger partial charge in [0.2, 0.25) is 5.91 Å². The van der Waals surface area contributed by atoms with Gasteiger partial charge in [0.15, 0.2) is 0 Å². The van der Waals surface area contributed by atoms with E-state index in [2.05, 4.69) is 17.6 Å². The van der Waals surface area contributed by atoms with Crippen molar-refractivity contribution in [1.29, 1.82) is 0 Å². The van der Waals surface area contributed by atoms with Gasteiger partial charge >= 0.3 is 0 Å². The fourth-order valence-corrected chi connectivity index (χ4v) is 2.13. The van der Waals surface area contributed by atoms with E-state index in [0.29, 0.717) is 12.5 Å². The fraction of sp³-hybridized carbons (Fsp3) is 0.462. The normalized spacial score (nSPS) is 23.6. The molecule has 1 fully saturated rings. The van der Waals surface area contributed by atoms with Gasteiger partial charge < -0.3 is 10.6 Å². The predicted molar refractivity (Wildman–Crippen MR) is 63.8 cm³/mol. The third-order valence-corrected chi connectivity index (χ3v) is 3.21. The summed E-state index contributed by atoms with van der Waals surface area (Å²) in [4.78, 5) is 11.9. The SMILES string of the molecule is C[C@@H]1CNC[C@H]1C(=O)NCc1cccc(F)c1. The first kappa shape index (κ1) is 12.0.